The number of imidazole rings is 1. The Morgan fingerprint density at radius 3 is 2.45 bits per heavy atom. The summed E-state index contributed by atoms with van der Waals surface area (Å²) in [6, 6.07) is 26.7. The van der Waals surface area contributed by atoms with E-state index in [1.54, 1.807) is 25.3 Å². The van der Waals surface area contributed by atoms with Crippen LogP contribution in [0, 0.1) is 0 Å². The van der Waals surface area contributed by atoms with Crippen molar-refractivity contribution in [3.05, 3.63) is 108 Å². The number of benzene rings is 4. The second-order valence-corrected chi connectivity index (χ2v) is 9.38. The number of hydrogen-bond acceptors (Lipinski definition) is 7. The number of methoxy groups -OCH3 is 1. The van der Waals surface area contributed by atoms with Gasteiger partial charge in [-0.1, -0.05) is 12.1 Å². The van der Waals surface area contributed by atoms with Crippen LogP contribution in [-0.2, 0) is 0 Å². The van der Waals surface area contributed by atoms with Gasteiger partial charge in [0.25, 0.3) is 5.91 Å². The lowest BCUT2D eigenvalue weighted by molar-refractivity contribution is 0.0952. The molecule has 0 saturated carbocycles. The number of aromatic nitrogens is 2. The van der Waals surface area contributed by atoms with Crippen molar-refractivity contribution in [1.29, 1.82) is 0 Å². The van der Waals surface area contributed by atoms with Gasteiger partial charge in [0, 0.05) is 36.5 Å². The number of anilines is 1. The van der Waals surface area contributed by atoms with E-state index in [9.17, 15) is 9.59 Å². The van der Waals surface area contributed by atoms with Crippen LogP contribution >= 0.6 is 0 Å². The zero-order chi connectivity index (χ0) is 29.5. The molecule has 0 aliphatic heterocycles. The van der Waals surface area contributed by atoms with E-state index in [1.807, 2.05) is 67.5 Å². The number of carbonyl (C=O) groups is 2. The summed E-state index contributed by atoms with van der Waals surface area (Å²) in [4.78, 5) is 38.5. The summed E-state index contributed by atoms with van der Waals surface area (Å²) in [6.45, 7) is 0. The Bertz CT molecular complexity index is 1830. The van der Waals surface area contributed by atoms with Crippen LogP contribution in [0.15, 0.2) is 106 Å². The minimum atomic E-state index is -0.590. The van der Waals surface area contributed by atoms with Gasteiger partial charge in [-0.15, -0.1) is 0 Å². The molecule has 208 valence electrons. The maximum atomic E-state index is 12.5. The third-order valence-corrected chi connectivity index (χ3v) is 6.29. The number of nitrogens with one attached hydrogen (secondary N) is 2. The average Bonchev–Trinajstić information content (AvgIpc) is 3.45. The molecule has 0 spiro atoms. The molecule has 4 aromatic carbocycles. The summed E-state index contributed by atoms with van der Waals surface area (Å²) >= 11 is 0. The van der Waals surface area contributed by atoms with Gasteiger partial charge in [0.05, 0.1) is 24.4 Å². The van der Waals surface area contributed by atoms with Crippen molar-refractivity contribution in [3.63, 3.8) is 0 Å². The number of aromatic amines is 1. The molecule has 0 radical (unpaired) electrons. The number of amides is 2. The van der Waals surface area contributed by atoms with Crippen molar-refractivity contribution in [2.75, 3.05) is 26.1 Å². The predicted octanol–water partition coefficient (Wildman–Crippen LogP) is 5.51. The third kappa shape index (κ3) is 6.61. The third-order valence-electron chi connectivity index (χ3n) is 6.29. The highest BCUT2D eigenvalue weighted by Crippen LogP contribution is 2.25. The van der Waals surface area contributed by atoms with Crippen LogP contribution in [0.2, 0.25) is 0 Å². The highest BCUT2D eigenvalue weighted by Gasteiger charge is 2.12. The molecule has 5 aromatic rings. The second-order valence-electron chi connectivity index (χ2n) is 9.38. The molecule has 2 amide bonds. The van der Waals surface area contributed by atoms with Gasteiger partial charge in [-0.25, -0.2) is 10.4 Å². The molecule has 2 N–H and O–H groups in total. The zero-order valence-corrected chi connectivity index (χ0v) is 23.1. The molecule has 0 fully saturated rings. The van der Waals surface area contributed by atoms with Crippen LogP contribution in [0.25, 0.3) is 22.4 Å². The van der Waals surface area contributed by atoms with Crippen LogP contribution in [-0.4, -0.2) is 49.2 Å². The van der Waals surface area contributed by atoms with E-state index >= 15 is 0 Å². The molecular formula is C31H27N8O3+. The zero-order valence-electron chi connectivity index (χ0n) is 23.1. The summed E-state index contributed by atoms with van der Waals surface area (Å²) < 4.78 is 5.17. The van der Waals surface area contributed by atoms with Crippen LogP contribution in [0.3, 0.4) is 0 Å². The fourth-order valence-corrected chi connectivity index (χ4v) is 4.00. The number of rotatable bonds is 8. The first-order chi connectivity index (χ1) is 20.4. The highest BCUT2D eigenvalue weighted by molar-refractivity contribution is 5.98. The van der Waals surface area contributed by atoms with Gasteiger partial charge in [-0.3, -0.25) is 9.59 Å². The van der Waals surface area contributed by atoms with Gasteiger partial charge in [-0.05, 0) is 84.4 Å². The molecule has 11 heteroatoms. The first kappa shape index (κ1) is 27.6. The lowest BCUT2D eigenvalue weighted by Gasteiger charge is -2.11. The fraction of sp³-hybridized carbons (Fsp3) is 0.0968. The van der Waals surface area contributed by atoms with Gasteiger partial charge in [0.2, 0.25) is 10.0 Å². The van der Waals surface area contributed by atoms with Crippen molar-refractivity contribution in [1.82, 2.24) is 20.3 Å². The largest absolute Gasteiger partial charge is 0.497 e. The van der Waals surface area contributed by atoms with E-state index in [-0.39, 0.29) is 5.56 Å². The number of H-pyrrole nitrogens is 1. The summed E-state index contributed by atoms with van der Waals surface area (Å²) in [6.07, 6.45) is 1.51. The van der Waals surface area contributed by atoms with Gasteiger partial charge in [0.15, 0.2) is 10.8 Å². The van der Waals surface area contributed by atoms with E-state index in [0.717, 1.165) is 33.7 Å². The number of ether oxygens (including phenoxy) is 1. The minimum absolute atomic E-state index is 0.263. The smallest absolute Gasteiger partial charge is 0.360 e. The lowest BCUT2D eigenvalue weighted by atomic mass is 10.1. The number of carbonyl (C=O) groups excluding carboxylic acids is 2. The minimum Gasteiger partial charge on any atom is -0.497 e. The molecule has 1 aromatic heterocycles. The molecule has 0 atom stereocenters. The molecule has 0 aliphatic carbocycles. The summed E-state index contributed by atoms with van der Waals surface area (Å²) in [5.74, 6) is 0.413. The number of hydrazone groups is 1. The lowest BCUT2D eigenvalue weighted by Crippen LogP contribution is -2.17. The number of nitrogens with zero attached hydrogens (tertiary/aromatic N) is 6. The Balaban J connectivity index is 1.20. The van der Waals surface area contributed by atoms with Crippen molar-refractivity contribution in [3.8, 4) is 17.1 Å². The maximum absolute atomic E-state index is 12.5. The van der Waals surface area contributed by atoms with Crippen molar-refractivity contribution in [2.24, 2.45) is 15.3 Å². The molecule has 5 rings (SSSR count). The molecule has 0 bridgehead atoms. The molecule has 0 saturated heterocycles. The Kier molecular flexibility index (Phi) is 8.22. The molecule has 0 aliphatic rings. The van der Waals surface area contributed by atoms with E-state index in [1.165, 1.54) is 30.5 Å². The average molecular weight is 560 g/mol. The van der Waals surface area contributed by atoms with Crippen molar-refractivity contribution < 1.29 is 14.3 Å². The first-order valence-corrected chi connectivity index (χ1v) is 12.9. The standard InChI is InChI=1S/C31H26N8O3/c1-39(2)25-14-11-21(12-15-25)29-33-27-16-13-24(18-28(27)34-29)35-38-37-31(41)23-9-7-22(8-10-23)30(40)36-32-19-20-5-4-6-26(17-20)42-3/h4-19H,1-3H3,(H,36,40)/p+1/b32-19+. The predicted molar refractivity (Wildman–Crippen MR) is 161 cm³/mol. The van der Waals surface area contributed by atoms with Crippen LogP contribution in [0.1, 0.15) is 26.3 Å². The molecule has 0 unspecified atom stereocenters. The fourth-order valence-electron chi connectivity index (χ4n) is 4.00. The normalized spacial score (nSPS) is 10.7. The maximum Gasteiger partial charge on any atom is 0.360 e. The Morgan fingerprint density at radius 1 is 0.952 bits per heavy atom. The molecule has 1 heterocycles. The second kappa shape index (κ2) is 12.5. The van der Waals surface area contributed by atoms with Gasteiger partial charge in [0.1, 0.15) is 11.6 Å². The van der Waals surface area contributed by atoms with Crippen LogP contribution in [0.4, 0.5) is 11.4 Å². The molecule has 11 nitrogen and oxygen atoms in total. The monoisotopic (exact) mass is 559 g/mol. The SMILES string of the molecule is COc1cccc(/C=N/NC(=O)c2ccc(C(=O)N=[N+]=Nc3ccc4nc(-c5ccc(N(C)C)cc5)[nH]c4c3)cc2)c1. The van der Waals surface area contributed by atoms with E-state index in [0.29, 0.717) is 17.0 Å². The quantitative estimate of drug-likeness (QED) is 0.112. The first-order valence-electron chi connectivity index (χ1n) is 12.9. The van der Waals surface area contributed by atoms with Crippen molar-refractivity contribution >= 4 is 40.4 Å². The van der Waals surface area contributed by atoms with Crippen molar-refractivity contribution in [2.45, 2.75) is 0 Å². The van der Waals surface area contributed by atoms with E-state index < -0.39 is 11.8 Å². The van der Waals surface area contributed by atoms with Gasteiger partial charge >= 0.3 is 5.91 Å². The Hall–Kier alpha value is -5.93. The van der Waals surface area contributed by atoms with Crippen LogP contribution < -0.4 is 20.0 Å². The summed E-state index contributed by atoms with van der Waals surface area (Å²) in [5, 5.41) is 11.7. The van der Waals surface area contributed by atoms with Crippen LogP contribution in [0.5, 0.6) is 5.75 Å². The summed E-state index contributed by atoms with van der Waals surface area (Å²) in [5.41, 5.74) is 7.96. The number of hydrogen-bond donors (Lipinski definition) is 2. The summed E-state index contributed by atoms with van der Waals surface area (Å²) in [7, 11) is 5.56. The van der Waals surface area contributed by atoms with Gasteiger partial charge < -0.3 is 14.6 Å². The molecular weight excluding hydrogens is 532 g/mol. The topological polar surface area (TPSA) is 138 Å². The highest BCUT2D eigenvalue weighted by atomic mass is 16.5. The molecule has 42 heavy (non-hydrogen) atoms. The van der Waals surface area contributed by atoms with E-state index in [4.69, 9.17) is 4.74 Å². The number of fused-ring (bicyclic) bond motifs is 1. The Labute approximate surface area is 241 Å². The van der Waals surface area contributed by atoms with Gasteiger partial charge in [-0.2, -0.15) is 5.10 Å². The Morgan fingerprint density at radius 2 is 1.71 bits per heavy atom. The van der Waals surface area contributed by atoms with E-state index in [2.05, 4.69) is 35.6 Å².